The first-order chi connectivity index (χ1) is 17.9. The molecule has 3 aromatic rings. The van der Waals surface area contributed by atoms with Crippen LogP contribution in [0.25, 0.3) is 10.9 Å². The Morgan fingerprint density at radius 2 is 2.19 bits per heavy atom. The molecule has 2 heterocycles. The molecule has 1 fully saturated rings. The van der Waals surface area contributed by atoms with E-state index in [1.54, 1.807) is 29.2 Å². The number of nitrogens with zero attached hydrogens (tertiary/aromatic N) is 3. The molecule has 0 aliphatic carbocycles. The lowest BCUT2D eigenvalue weighted by Crippen LogP contribution is -2.42. The van der Waals surface area contributed by atoms with Gasteiger partial charge in [0, 0.05) is 38.9 Å². The number of hydrogen-bond acceptors (Lipinski definition) is 8. The highest BCUT2D eigenvalue weighted by atomic mass is 35.5. The summed E-state index contributed by atoms with van der Waals surface area (Å²) in [7, 11) is 1.49. The van der Waals surface area contributed by atoms with Crippen LogP contribution in [-0.2, 0) is 9.53 Å². The Bertz CT molecular complexity index is 1250. The number of likely N-dealkylation sites (N-methyl/N-ethyl adjacent to an activating group) is 1. The van der Waals surface area contributed by atoms with Crippen molar-refractivity contribution in [3.8, 4) is 11.5 Å². The average molecular weight is 519 g/mol. The Morgan fingerprint density at radius 3 is 2.97 bits per heavy atom. The van der Waals surface area contributed by atoms with E-state index in [1.807, 2.05) is 6.92 Å². The average Bonchev–Trinajstić information content (AvgIpc) is 3.32. The van der Waals surface area contributed by atoms with Gasteiger partial charge in [0.15, 0.2) is 17.3 Å². The molecule has 2 aromatic carbocycles. The predicted octanol–water partition coefficient (Wildman–Crippen LogP) is 3.78. The minimum absolute atomic E-state index is 0.00860. The predicted molar refractivity (Wildman–Crippen MR) is 136 cm³/mol. The van der Waals surface area contributed by atoms with Gasteiger partial charge in [-0.25, -0.2) is 14.4 Å². The van der Waals surface area contributed by atoms with E-state index < -0.39 is 11.9 Å². The Morgan fingerprint density at radius 1 is 1.33 bits per heavy atom. The van der Waals surface area contributed by atoms with Gasteiger partial charge >= 0.3 is 0 Å². The van der Waals surface area contributed by atoms with Crippen LogP contribution in [-0.4, -0.2) is 73.4 Å². The lowest BCUT2D eigenvalue weighted by molar-refractivity contribution is -0.125. The summed E-state index contributed by atoms with van der Waals surface area (Å²) < 4.78 is 39.5. The Hall–Kier alpha value is -3.21. The number of aromatic nitrogens is 2. The van der Waals surface area contributed by atoms with Crippen LogP contribution in [0.4, 0.5) is 15.9 Å². The van der Waals surface area contributed by atoms with Crippen LogP contribution in [0.3, 0.4) is 0 Å². The highest BCUT2D eigenvalue weighted by Crippen LogP contribution is 2.37. The summed E-state index contributed by atoms with van der Waals surface area (Å²) in [5, 5.41) is 6.41. The molecule has 0 radical (unpaired) electrons. The summed E-state index contributed by atoms with van der Waals surface area (Å²) in [4.78, 5) is 23.0. The second-order valence-corrected chi connectivity index (χ2v) is 8.63. The zero-order chi connectivity index (χ0) is 26.4. The fourth-order valence-corrected chi connectivity index (χ4v) is 4.23. The van der Waals surface area contributed by atoms with Gasteiger partial charge in [0.2, 0.25) is 5.91 Å². The molecular weight excluding hydrogens is 489 g/mol. The number of likely N-dealkylation sites (tertiary alicyclic amines) is 1. The van der Waals surface area contributed by atoms with Crippen LogP contribution < -0.4 is 20.1 Å². The van der Waals surface area contributed by atoms with Crippen molar-refractivity contribution >= 4 is 39.9 Å². The summed E-state index contributed by atoms with van der Waals surface area (Å²) in [6, 6.07) is 7.60. The number of rotatable bonds is 10. The van der Waals surface area contributed by atoms with Crippen molar-refractivity contribution in [3.05, 3.63) is 47.5 Å². The minimum Gasteiger partial charge on any atom is -0.493 e. The normalized spacial score (nSPS) is 18.2. The lowest BCUT2D eigenvalue weighted by Gasteiger charge is -2.18. The van der Waals surface area contributed by atoms with Crippen molar-refractivity contribution in [1.82, 2.24) is 20.2 Å². The fraction of sp³-hybridized carbons (Fsp3) is 0.400. The van der Waals surface area contributed by atoms with E-state index in [1.165, 1.54) is 19.5 Å². The standard InChI is InChI=1S/C25H29ClFN5O4/c1-4-35-9-8-28-25(33)20-10-15(13-32(20)2)36-22-11-16-19(12-21(22)34-3)29-14-30-24(16)31-18-7-5-6-17(26)23(18)27/h5-7,11-12,14-15,20H,4,8-10,13H2,1-3H3,(H,28,33)(H,29,30,31)/t15-,20-/m0/s1/i2D. The third-order valence-corrected chi connectivity index (χ3v) is 6.13. The molecule has 36 heavy (non-hydrogen) atoms. The molecular formula is C25H29ClFN5O4. The van der Waals surface area contributed by atoms with Gasteiger partial charge < -0.3 is 24.8 Å². The number of benzene rings is 2. The molecule has 1 aliphatic rings. The van der Waals surface area contributed by atoms with Crippen molar-refractivity contribution in [3.63, 3.8) is 0 Å². The number of ether oxygens (including phenoxy) is 3. The van der Waals surface area contributed by atoms with Gasteiger partial charge in [-0.1, -0.05) is 17.7 Å². The first-order valence-corrected chi connectivity index (χ1v) is 11.9. The van der Waals surface area contributed by atoms with Crippen molar-refractivity contribution < 1.29 is 24.8 Å². The maximum absolute atomic E-state index is 14.5. The van der Waals surface area contributed by atoms with Crippen LogP contribution in [0.5, 0.6) is 11.5 Å². The Balaban J connectivity index is 1.56. The molecule has 192 valence electrons. The third-order valence-electron chi connectivity index (χ3n) is 5.84. The molecule has 1 aromatic heterocycles. The SMILES string of the molecule is [2H]CN1C[C@@H](Oc2cc3c(Nc4cccc(Cl)c4F)ncnc3cc2OC)C[C@H]1C(=O)NCCOCC. The van der Waals surface area contributed by atoms with Crippen molar-refractivity contribution in [2.24, 2.45) is 0 Å². The molecule has 2 atom stereocenters. The van der Waals surface area contributed by atoms with Gasteiger partial charge in [0.25, 0.3) is 0 Å². The van der Waals surface area contributed by atoms with E-state index in [0.717, 1.165) is 0 Å². The number of anilines is 2. The largest absolute Gasteiger partial charge is 0.493 e. The smallest absolute Gasteiger partial charge is 0.237 e. The first-order valence-electron chi connectivity index (χ1n) is 12.2. The van der Waals surface area contributed by atoms with E-state index in [9.17, 15) is 9.18 Å². The monoisotopic (exact) mass is 518 g/mol. The Kier molecular flexibility index (Phi) is 7.95. The van der Waals surface area contributed by atoms with Gasteiger partial charge in [0.1, 0.15) is 18.2 Å². The van der Waals surface area contributed by atoms with Gasteiger partial charge in [-0.3, -0.25) is 9.69 Å². The lowest BCUT2D eigenvalue weighted by atomic mass is 10.1. The van der Waals surface area contributed by atoms with Crippen molar-refractivity contribution in [1.29, 1.82) is 0 Å². The molecule has 0 bridgehead atoms. The minimum atomic E-state index is -0.590. The zero-order valence-corrected chi connectivity index (χ0v) is 20.8. The maximum atomic E-state index is 14.5. The van der Waals surface area contributed by atoms with Crippen LogP contribution in [0.15, 0.2) is 36.7 Å². The second-order valence-electron chi connectivity index (χ2n) is 8.22. The van der Waals surface area contributed by atoms with E-state index in [4.69, 9.17) is 27.2 Å². The third kappa shape index (κ3) is 5.77. The number of fused-ring (bicyclic) bond motifs is 1. The molecule has 1 aliphatic heterocycles. The summed E-state index contributed by atoms with van der Waals surface area (Å²) in [6.45, 7) is 3.71. The summed E-state index contributed by atoms with van der Waals surface area (Å²) >= 11 is 5.92. The number of carbonyl (C=O) groups excluding carboxylic acids is 1. The summed E-state index contributed by atoms with van der Waals surface area (Å²) in [6.07, 6.45) is 1.42. The molecule has 11 heteroatoms. The zero-order valence-electron chi connectivity index (χ0n) is 21.1. The van der Waals surface area contributed by atoms with Crippen LogP contribution in [0.1, 0.15) is 14.7 Å². The van der Waals surface area contributed by atoms with Crippen LogP contribution in [0.2, 0.25) is 5.02 Å². The van der Waals surface area contributed by atoms with Crippen molar-refractivity contribution in [2.45, 2.75) is 25.5 Å². The van der Waals surface area contributed by atoms with Crippen LogP contribution in [0, 0.1) is 5.82 Å². The van der Waals surface area contributed by atoms with Gasteiger partial charge in [-0.2, -0.15) is 0 Å². The topological polar surface area (TPSA) is 97.8 Å². The van der Waals surface area contributed by atoms with Crippen LogP contribution >= 0.6 is 11.6 Å². The molecule has 0 spiro atoms. The first kappa shape index (κ1) is 24.5. The number of amides is 1. The highest BCUT2D eigenvalue weighted by molar-refractivity contribution is 6.31. The van der Waals surface area contributed by atoms with Gasteiger partial charge in [-0.15, -0.1) is 0 Å². The number of hydrogen-bond donors (Lipinski definition) is 2. The summed E-state index contributed by atoms with van der Waals surface area (Å²) in [5.41, 5.74) is 0.737. The molecule has 4 rings (SSSR count). The molecule has 2 N–H and O–H groups in total. The quantitative estimate of drug-likeness (QED) is 0.391. The fourth-order valence-electron chi connectivity index (χ4n) is 4.05. The number of halogens is 2. The number of carbonyl (C=O) groups is 1. The molecule has 1 saturated heterocycles. The van der Waals surface area contributed by atoms with E-state index in [2.05, 4.69) is 20.6 Å². The van der Waals surface area contributed by atoms with Gasteiger partial charge in [0.05, 0.1) is 36.0 Å². The molecule has 1 amide bonds. The summed E-state index contributed by atoms with van der Waals surface area (Å²) in [5.74, 6) is 0.490. The maximum Gasteiger partial charge on any atom is 0.237 e. The van der Waals surface area contributed by atoms with Gasteiger partial charge in [-0.05, 0) is 32.1 Å². The van der Waals surface area contributed by atoms with E-state index in [-0.39, 0.29) is 29.7 Å². The molecule has 0 saturated carbocycles. The van der Waals surface area contributed by atoms with E-state index in [0.29, 0.717) is 60.9 Å². The number of nitrogens with one attached hydrogen (secondary N) is 2. The van der Waals surface area contributed by atoms with Crippen molar-refractivity contribution in [2.75, 3.05) is 45.8 Å². The number of methoxy groups -OCH3 is 1. The molecule has 9 nitrogen and oxygen atoms in total. The van der Waals surface area contributed by atoms with E-state index >= 15 is 0 Å². The highest BCUT2D eigenvalue weighted by Gasteiger charge is 2.36. The molecule has 0 unspecified atom stereocenters. The second kappa shape index (κ2) is 11.7. The Labute approximate surface area is 215 Å².